The van der Waals surface area contributed by atoms with E-state index < -0.39 is 11.1 Å². The van der Waals surface area contributed by atoms with Crippen LogP contribution in [0, 0.1) is 0 Å². The maximum atomic E-state index is 12.5. The smallest absolute Gasteiger partial charge is 0.320 e. The van der Waals surface area contributed by atoms with Gasteiger partial charge in [0.2, 0.25) is 0 Å². The molecule has 134 valence electrons. The number of methoxy groups -OCH3 is 2. The number of nitrogens with zero attached hydrogens (tertiary/aromatic N) is 2. The predicted octanol–water partition coefficient (Wildman–Crippen LogP) is 2.72. The molecule has 0 radical (unpaired) electrons. The molecule has 2 aromatic carbocycles. The number of hydrogen-bond donors (Lipinski definition) is 0. The third-order valence-corrected chi connectivity index (χ3v) is 4.37. The van der Waals surface area contributed by atoms with Crippen LogP contribution in [-0.4, -0.2) is 23.4 Å². The molecule has 7 heteroatoms. The second-order valence-corrected chi connectivity index (χ2v) is 5.94. The fraction of sp³-hybridized carbons (Fsp3) is 0.158. The van der Waals surface area contributed by atoms with Gasteiger partial charge in [-0.1, -0.05) is 29.8 Å². The Hall–Kier alpha value is -2.99. The normalized spacial score (nSPS) is 10.6. The molecule has 1 aromatic heterocycles. The van der Waals surface area contributed by atoms with Crippen LogP contribution < -0.4 is 20.6 Å². The van der Waals surface area contributed by atoms with Gasteiger partial charge in [-0.25, -0.2) is 0 Å². The van der Waals surface area contributed by atoms with Crippen molar-refractivity contribution in [2.45, 2.75) is 6.54 Å². The fourth-order valence-corrected chi connectivity index (χ4v) is 2.82. The minimum atomic E-state index is -0.660. The molecule has 0 spiro atoms. The van der Waals surface area contributed by atoms with Crippen LogP contribution in [-0.2, 0) is 6.54 Å². The number of ether oxygens (including phenoxy) is 2. The van der Waals surface area contributed by atoms with Gasteiger partial charge in [0.1, 0.15) is 0 Å². The maximum Gasteiger partial charge on any atom is 0.320 e. The second kappa shape index (κ2) is 7.49. The summed E-state index contributed by atoms with van der Waals surface area (Å²) in [5, 5.41) is 0.545. The van der Waals surface area contributed by atoms with Crippen molar-refractivity contribution in [3.63, 3.8) is 0 Å². The molecule has 0 saturated heterocycles. The van der Waals surface area contributed by atoms with Crippen molar-refractivity contribution >= 4 is 11.6 Å². The van der Waals surface area contributed by atoms with Crippen LogP contribution in [0.1, 0.15) is 5.56 Å². The lowest BCUT2D eigenvalue weighted by Crippen LogP contribution is -2.40. The Kier molecular flexibility index (Phi) is 5.14. The Morgan fingerprint density at radius 1 is 0.923 bits per heavy atom. The van der Waals surface area contributed by atoms with Crippen molar-refractivity contribution in [2.75, 3.05) is 14.2 Å². The van der Waals surface area contributed by atoms with Crippen molar-refractivity contribution in [1.82, 2.24) is 9.13 Å². The van der Waals surface area contributed by atoms with Gasteiger partial charge in [0, 0.05) is 23.5 Å². The molecule has 3 rings (SSSR count). The van der Waals surface area contributed by atoms with E-state index in [4.69, 9.17) is 21.1 Å². The van der Waals surface area contributed by atoms with Gasteiger partial charge in [-0.05, 0) is 23.8 Å². The Bertz CT molecular complexity index is 1060. The topological polar surface area (TPSA) is 62.5 Å². The summed E-state index contributed by atoms with van der Waals surface area (Å²) in [6.45, 7) is 0.223. The predicted molar refractivity (Wildman–Crippen MR) is 100.0 cm³/mol. The summed E-state index contributed by atoms with van der Waals surface area (Å²) < 4.78 is 13.0. The first-order valence-electron chi connectivity index (χ1n) is 7.83. The van der Waals surface area contributed by atoms with E-state index in [-0.39, 0.29) is 6.54 Å². The molecule has 0 bridgehead atoms. The molecule has 6 nitrogen and oxygen atoms in total. The van der Waals surface area contributed by atoms with Gasteiger partial charge in [-0.15, -0.1) is 0 Å². The van der Waals surface area contributed by atoms with Gasteiger partial charge in [0.25, 0.3) is 0 Å². The largest absolute Gasteiger partial charge is 0.493 e. The van der Waals surface area contributed by atoms with Gasteiger partial charge in [-0.2, -0.15) is 0 Å². The molecule has 3 aromatic rings. The highest BCUT2D eigenvalue weighted by atomic mass is 35.5. The standard InChI is InChI=1S/C19H17ClN2O4/c1-25-16-8-7-14(11-17(16)26-2)22-10-9-21(18(23)19(22)24)12-13-5-3-4-6-15(13)20/h3-11H,12H2,1-2H3. The minimum absolute atomic E-state index is 0.223. The lowest BCUT2D eigenvalue weighted by molar-refractivity contribution is 0.355. The number of rotatable bonds is 5. The van der Waals surface area contributed by atoms with Crippen LogP contribution >= 0.6 is 11.6 Å². The van der Waals surface area contributed by atoms with Crippen LogP contribution in [0.25, 0.3) is 5.69 Å². The van der Waals surface area contributed by atoms with E-state index in [0.29, 0.717) is 22.2 Å². The van der Waals surface area contributed by atoms with E-state index in [1.165, 1.54) is 23.4 Å². The summed E-state index contributed by atoms with van der Waals surface area (Å²) >= 11 is 6.13. The molecule has 0 aliphatic heterocycles. The van der Waals surface area contributed by atoms with E-state index in [1.807, 2.05) is 18.2 Å². The monoisotopic (exact) mass is 372 g/mol. The Morgan fingerprint density at radius 3 is 2.35 bits per heavy atom. The Balaban J connectivity index is 2.02. The lowest BCUT2D eigenvalue weighted by Gasteiger charge is -2.12. The van der Waals surface area contributed by atoms with Crippen molar-refractivity contribution in [1.29, 1.82) is 0 Å². The van der Waals surface area contributed by atoms with Gasteiger partial charge in [-0.3, -0.25) is 14.2 Å². The van der Waals surface area contributed by atoms with E-state index in [0.717, 1.165) is 5.56 Å². The third kappa shape index (κ3) is 3.36. The zero-order chi connectivity index (χ0) is 18.7. The van der Waals surface area contributed by atoms with Crippen LogP contribution in [0.4, 0.5) is 0 Å². The summed E-state index contributed by atoms with van der Waals surface area (Å²) in [4.78, 5) is 25.0. The third-order valence-electron chi connectivity index (χ3n) is 4.00. The van der Waals surface area contributed by atoms with E-state index in [2.05, 4.69) is 0 Å². The fourth-order valence-electron chi connectivity index (χ4n) is 2.62. The first kappa shape index (κ1) is 17.8. The molecule has 1 heterocycles. The van der Waals surface area contributed by atoms with Crippen molar-refractivity contribution < 1.29 is 9.47 Å². The summed E-state index contributed by atoms with van der Waals surface area (Å²) in [7, 11) is 3.03. The lowest BCUT2D eigenvalue weighted by atomic mass is 10.2. The molecule has 0 N–H and O–H groups in total. The van der Waals surface area contributed by atoms with Gasteiger partial charge >= 0.3 is 11.1 Å². The average Bonchev–Trinajstić information content (AvgIpc) is 2.66. The van der Waals surface area contributed by atoms with Gasteiger partial charge < -0.3 is 14.0 Å². The summed E-state index contributed by atoms with van der Waals surface area (Å²) in [6, 6.07) is 12.2. The number of hydrogen-bond acceptors (Lipinski definition) is 4. The van der Waals surface area contributed by atoms with Gasteiger partial charge in [0.05, 0.1) is 26.5 Å². The van der Waals surface area contributed by atoms with E-state index in [9.17, 15) is 9.59 Å². The Labute approximate surface area is 154 Å². The highest BCUT2D eigenvalue weighted by Gasteiger charge is 2.11. The van der Waals surface area contributed by atoms with E-state index >= 15 is 0 Å². The summed E-state index contributed by atoms with van der Waals surface area (Å²) in [5.74, 6) is 1.01. The molecular formula is C19H17ClN2O4. The SMILES string of the molecule is COc1ccc(-n2ccn(Cc3ccccc3Cl)c(=O)c2=O)cc1OC. The molecule has 26 heavy (non-hydrogen) atoms. The number of benzene rings is 2. The first-order chi connectivity index (χ1) is 12.5. The maximum absolute atomic E-state index is 12.5. The zero-order valence-electron chi connectivity index (χ0n) is 14.3. The molecule has 0 fully saturated rings. The molecule has 0 amide bonds. The van der Waals surface area contributed by atoms with Crippen molar-refractivity contribution in [3.8, 4) is 17.2 Å². The molecule has 0 aliphatic carbocycles. The highest BCUT2D eigenvalue weighted by Crippen LogP contribution is 2.28. The van der Waals surface area contributed by atoms with Gasteiger partial charge in [0.15, 0.2) is 11.5 Å². The minimum Gasteiger partial charge on any atom is -0.493 e. The first-order valence-corrected chi connectivity index (χ1v) is 8.21. The van der Waals surface area contributed by atoms with Crippen LogP contribution in [0.15, 0.2) is 64.4 Å². The van der Waals surface area contributed by atoms with Crippen LogP contribution in [0.2, 0.25) is 5.02 Å². The summed E-state index contributed by atoms with van der Waals surface area (Å²) in [6.07, 6.45) is 3.10. The Morgan fingerprint density at radius 2 is 1.65 bits per heavy atom. The highest BCUT2D eigenvalue weighted by molar-refractivity contribution is 6.31. The zero-order valence-corrected chi connectivity index (χ0v) is 15.1. The molecule has 0 saturated carbocycles. The van der Waals surface area contributed by atoms with Crippen LogP contribution in [0.5, 0.6) is 11.5 Å². The number of halogens is 1. The molecule has 0 atom stereocenters. The summed E-state index contributed by atoms with van der Waals surface area (Å²) in [5.41, 5.74) is -0.0249. The average molecular weight is 373 g/mol. The van der Waals surface area contributed by atoms with Crippen LogP contribution in [0.3, 0.4) is 0 Å². The molecule has 0 aliphatic rings. The molecular weight excluding hydrogens is 356 g/mol. The molecule has 0 unspecified atom stereocenters. The van der Waals surface area contributed by atoms with Crippen molar-refractivity contribution in [3.05, 3.63) is 86.2 Å². The van der Waals surface area contributed by atoms with Crippen molar-refractivity contribution in [2.24, 2.45) is 0 Å². The second-order valence-electron chi connectivity index (χ2n) is 5.54. The van der Waals surface area contributed by atoms with E-state index in [1.54, 1.807) is 36.7 Å². The number of aromatic nitrogens is 2. The quantitative estimate of drug-likeness (QED) is 0.646.